The molecule has 2 aromatic carbocycles. The molecule has 0 spiro atoms. The van der Waals surface area contributed by atoms with E-state index in [9.17, 15) is 22.8 Å². The highest BCUT2D eigenvalue weighted by atomic mass is 32.2. The molecule has 2 amide bonds. The summed E-state index contributed by atoms with van der Waals surface area (Å²) in [6, 6.07) is 10.7. The smallest absolute Gasteiger partial charge is 0.338 e. The summed E-state index contributed by atoms with van der Waals surface area (Å²) >= 11 is 0. The van der Waals surface area contributed by atoms with Crippen LogP contribution in [0.3, 0.4) is 0 Å². The van der Waals surface area contributed by atoms with E-state index in [0.29, 0.717) is 30.2 Å². The van der Waals surface area contributed by atoms with Gasteiger partial charge in [-0.2, -0.15) is 4.31 Å². The lowest BCUT2D eigenvalue weighted by Crippen LogP contribution is -2.40. The summed E-state index contributed by atoms with van der Waals surface area (Å²) in [5, 5.41) is 5.24. The van der Waals surface area contributed by atoms with Gasteiger partial charge in [0.25, 0.3) is 5.91 Å². The molecule has 182 valence electrons. The van der Waals surface area contributed by atoms with Gasteiger partial charge in [-0.25, -0.2) is 13.2 Å². The predicted octanol–water partition coefficient (Wildman–Crippen LogP) is 2.16. The first kappa shape index (κ1) is 25.3. The second kappa shape index (κ2) is 10.8. The van der Waals surface area contributed by atoms with Crippen molar-refractivity contribution in [2.24, 2.45) is 0 Å². The van der Waals surface area contributed by atoms with Crippen LogP contribution in [-0.2, 0) is 29.1 Å². The van der Waals surface area contributed by atoms with Gasteiger partial charge in [0, 0.05) is 31.4 Å². The molecule has 0 aliphatic carbocycles. The largest absolute Gasteiger partial charge is 0.449 e. The molecule has 2 aromatic rings. The molecule has 0 saturated carbocycles. The van der Waals surface area contributed by atoms with E-state index in [1.165, 1.54) is 36.4 Å². The van der Waals surface area contributed by atoms with Crippen molar-refractivity contribution in [3.63, 3.8) is 0 Å². The van der Waals surface area contributed by atoms with E-state index < -0.39 is 28.0 Å². The topological polar surface area (TPSA) is 131 Å². The van der Waals surface area contributed by atoms with Crippen LogP contribution in [0.25, 0.3) is 0 Å². The number of carbonyl (C=O) groups is 3. The van der Waals surface area contributed by atoms with Crippen molar-refractivity contribution in [1.29, 1.82) is 0 Å². The Labute approximate surface area is 198 Å². The van der Waals surface area contributed by atoms with Crippen molar-refractivity contribution in [1.82, 2.24) is 4.31 Å². The fourth-order valence-corrected chi connectivity index (χ4v) is 4.96. The lowest BCUT2D eigenvalue weighted by atomic mass is 10.1. The SMILES string of the molecule is CC(=O)Nc1ccc(NC(=O)[C@H](C)OC(=O)c2ccc(C)c(S(=O)(=O)N3CCOCC3)c2)cc1. The second-order valence-electron chi connectivity index (χ2n) is 7.79. The van der Waals surface area contributed by atoms with E-state index in [4.69, 9.17) is 9.47 Å². The summed E-state index contributed by atoms with van der Waals surface area (Å²) in [5.74, 6) is -1.59. The van der Waals surface area contributed by atoms with Crippen LogP contribution >= 0.6 is 0 Å². The Kier molecular flexibility index (Phi) is 8.02. The van der Waals surface area contributed by atoms with Crippen molar-refractivity contribution < 1.29 is 32.3 Å². The van der Waals surface area contributed by atoms with Gasteiger partial charge in [-0.15, -0.1) is 0 Å². The molecule has 1 aliphatic heterocycles. The van der Waals surface area contributed by atoms with Crippen LogP contribution in [0.15, 0.2) is 47.4 Å². The molecular formula is C23H27N3O7S. The zero-order chi connectivity index (χ0) is 24.9. The maximum absolute atomic E-state index is 13.0. The Morgan fingerprint density at radius 1 is 1.00 bits per heavy atom. The van der Waals surface area contributed by atoms with E-state index in [1.807, 2.05) is 0 Å². The van der Waals surface area contributed by atoms with Crippen molar-refractivity contribution >= 4 is 39.2 Å². The average molecular weight is 490 g/mol. The molecule has 1 fully saturated rings. The van der Waals surface area contributed by atoms with Gasteiger partial charge in [0.2, 0.25) is 15.9 Å². The zero-order valence-electron chi connectivity index (χ0n) is 19.2. The number of esters is 1. The molecule has 1 aliphatic rings. The quantitative estimate of drug-likeness (QED) is 0.570. The van der Waals surface area contributed by atoms with Crippen LogP contribution in [0, 0.1) is 6.92 Å². The Morgan fingerprint density at radius 3 is 2.18 bits per heavy atom. The number of carbonyl (C=O) groups excluding carboxylic acids is 3. The first-order chi connectivity index (χ1) is 16.1. The highest BCUT2D eigenvalue weighted by molar-refractivity contribution is 7.89. The number of anilines is 2. The summed E-state index contributed by atoms with van der Waals surface area (Å²) in [4.78, 5) is 36.2. The Morgan fingerprint density at radius 2 is 1.59 bits per heavy atom. The maximum atomic E-state index is 13.0. The highest BCUT2D eigenvalue weighted by Crippen LogP contribution is 2.23. The lowest BCUT2D eigenvalue weighted by molar-refractivity contribution is -0.123. The van der Waals surface area contributed by atoms with Gasteiger partial charge in [-0.3, -0.25) is 9.59 Å². The Hall–Kier alpha value is -3.28. The van der Waals surface area contributed by atoms with Gasteiger partial charge < -0.3 is 20.1 Å². The van der Waals surface area contributed by atoms with Crippen LogP contribution in [-0.4, -0.2) is 62.9 Å². The first-order valence-corrected chi connectivity index (χ1v) is 12.1. The molecule has 0 unspecified atom stereocenters. The Balaban J connectivity index is 1.67. The second-order valence-corrected chi connectivity index (χ2v) is 9.70. The van der Waals surface area contributed by atoms with Gasteiger partial charge in [0.05, 0.1) is 23.7 Å². The summed E-state index contributed by atoms with van der Waals surface area (Å²) < 4.78 is 37.9. The fourth-order valence-electron chi connectivity index (χ4n) is 3.30. The van der Waals surface area contributed by atoms with Gasteiger partial charge >= 0.3 is 5.97 Å². The molecule has 2 N–H and O–H groups in total. The third-order valence-electron chi connectivity index (χ3n) is 5.14. The van der Waals surface area contributed by atoms with Crippen LogP contribution in [0.1, 0.15) is 29.8 Å². The summed E-state index contributed by atoms with van der Waals surface area (Å²) in [5.41, 5.74) is 1.55. The molecule has 3 rings (SSSR count). The minimum Gasteiger partial charge on any atom is -0.449 e. The highest BCUT2D eigenvalue weighted by Gasteiger charge is 2.29. The monoisotopic (exact) mass is 489 g/mol. The fraction of sp³-hybridized carbons (Fsp3) is 0.348. The molecule has 0 radical (unpaired) electrons. The molecule has 0 aromatic heterocycles. The van der Waals surface area contributed by atoms with E-state index in [-0.39, 0.29) is 29.5 Å². The van der Waals surface area contributed by atoms with Gasteiger partial charge in [0.1, 0.15) is 0 Å². The maximum Gasteiger partial charge on any atom is 0.338 e. The minimum absolute atomic E-state index is 0.0141. The molecule has 34 heavy (non-hydrogen) atoms. The van der Waals surface area contributed by atoms with Crippen LogP contribution in [0.4, 0.5) is 11.4 Å². The molecule has 1 heterocycles. The molecule has 1 atom stereocenters. The Bertz CT molecular complexity index is 1170. The van der Waals surface area contributed by atoms with Crippen LogP contribution in [0.5, 0.6) is 0 Å². The number of rotatable bonds is 7. The average Bonchev–Trinajstić information content (AvgIpc) is 2.80. The molecular weight excluding hydrogens is 462 g/mol. The lowest BCUT2D eigenvalue weighted by Gasteiger charge is -2.26. The first-order valence-electron chi connectivity index (χ1n) is 10.7. The number of benzene rings is 2. The van der Waals surface area contributed by atoms with Gasteiger partial charge in [-0.05, 0) is 55.8 Å². The summed E-state index contributed by atoms with van der Waals surface area (Å²) in [6.45, 7) is 5.54. The normalized spacial score (nSPS) is 15.3. The minimum atomic E-state index is -3.81. The number of aryl methyl sites for hydroxylation is 1. The van der Waals surface area contributed by atoms with Crippen molar-refractivity contribution in [3.05, 3.63) is 53.6 Å². The number of nitrogens with one attached hydrogen (secondary N) is 2. The van der Waals surface area contributed by atoms with E-state index in [1.54, 1.807) is 31.2 Å². The van der Waals surface area contributed by atoms with Crippen molar-refractivity contribution in [2.75, 3.05) is 36.9 Å². The standard InChI is InChI=1S/C23H27N3O7S/c1-15-4-5-18(14-21(15)34(30,31)26-10-12-32-13-11-26)23(29)33-16(2)22(28)25-20-8-6-19(7-9-20)24-17(3)27/h4-9,14,16H,10-13H2,1-3H3,(H,24,27)(H,25,28)/t16-/m0/s1. The van der Waals surface area contributed by atoms with E-state index in [2.05, 4.69) is 10.6 Å². The van der Waals surface area contributed by atoms with Crippen LogP contribution in [0.2, 0.25) is 0 Å². The molecule has 10 nitrogen and oxygen atoms in total. The van der Waals surface area contributed by atoms with E-state index >= 15 is 0 Å². The predicted molar refractivity (Wildman–Crippen MR) is 125 cm³/mol. The number of hydrogen-bond acceptors (Lipinski definition) is 7. The number of ether oxygens (including phenoxy) is 2. The van der Waals surface area contributed by atoms with Gasteiger partial charge in [-0.1, -0.05) is 6.07 Å². The van der Waals surface area contributed by atoms with Crippen molar-refractivity contribution in [3.8, 4) is 0 Å². The molecule has 0 bridgehead atoms. The van der Waals surface area contributed by atoms with E-state index in [0.717, 1.165) is 0 Å². The molecule has 11 heteroatoms. The third kappa shape index (κ3) is 6.19. The number of nitrogens with zero attached hydrogens (tertiary/aromatic N) is 1. The number of sulfonamides is 1. The van der Waals surface area contributed by atoms with Gasteiger partial charge in [0.15, 0.2) is 6.10 Å². The third-order valence-corrected chi connectivity index (χ3v) is 7.18. The summed E-state index contributed by atoms with van der Waals surface area (Å²) in [6.07, 6.45) is -1.14. The molecule has 1 saturated heterocycles. The number of morpholine rings is 1. The number of hydrogen-bond donors (Lipinski definition) is 2. The number of amides is 2. The van der Waals surface area contributed by atoms with Crippen molar-refractivity contribution in [2.45, 2.75) is 31.8 Å². The zero-order valence-corrected chi connectivity index (χ0v) is 20.0. The summed E-state index contributed by atoms with van der Waals surface area (Å²) in [7, 11) is -3.81. The van der Waals surface area contributed by atoms with Crippen LogP contribution < -0.4 is 10.6 Å².